The number of carbonyl (C=O) groups excluding carboxylic acids is 2. The number of hydrogen-bond donors (Lipinski definition) is 2. The van der Waals surface area contributed by atoms with Gasteiger partial charge in [-0.05, 0) is 48.9 Å². The van der Waals surface area contributed by atoms with E-state index in [2.05, 4.69) is 27.8 Å². The van der Waals surface area contributed by atoms with Crippen LogP contribution in [0.4, 0.5) is 0 Å². The molecule has 0 spiro atoms. The first-order valence-corrected chi connectivity index (χ1v) is 10.8. The molecule has 4 rings (SSSR count). The lowest BCUT2D eigenvalue weighted by Crippen LogP contribution is -2.41. The minimum atomic E-state index is -0.115. The van der Waals surface area contributed by atoms with Gasteiger partial charge in [0.05, 0.1) is 18.4 Å². The van der Waals surface area contributed by atoms with Crippen molar-refractivity contribution in [3.63, 3.8) is 0 Å². The Morgan fingerprint density at radius 3 is 2.37 bits per heavy atom. The van der Waals surface area contributed by atoms with Crippen LogP contribution in [0.2, 0.25) is 5.02 Å². The van der Waals surface area contributed by atoms with E-state index in [0.29, 0.717) is 43.6 Å². The predicted molar refractivity (Wildman–Crippen MR) is 115 cm³/mol. The van der Waals surface area contributed by atoms with E-state index in [4.69, 9.17) is 16.3 Å². The van der Waals surface area contributed by atoms with Crippen LogP contribution in [-0.4, -0.2) is 56.0 Å². The Morgan fingerprint density at radius 1 is 1.10 bits per heavy atom. The van der Waals surface area contributed by atoms with Crippen LogP contribution in [0.15, 0.2) is 41.4 Å². The first kappa shape index (κ1) is 20.7. The average molecular weight is 431 g/mol. The highest BCUT2D eigenvalue weighted by atomic mass is 35.5. The van der Waals surface area contributed by atoms with Gasteiger partial charge in [0.25, 0.3) is 0 Å². The summed E-state index contributed by atoms with van der Waals surface area (Å²) in [5, 5.41) is 7.07. The number of guanidine groups is 1. The molecule has 1 saturated heterocycles. The molecule has 4 atom stereocenters. The molecule has 1 heterocycles. The molecule has 7 nitrogen and oxygen atoms in total. The molecular formula is C22H27ClN4O3. The monoisotopic (exact) mass is 430 g/mol. The fraction of sp³-hybridized carbons (Fsp3) is 0.500. The third-order valence-electron chi connectivity index (χ3n) is 6.11. The Labute approximate surface area is 181 Å². The molecule has 8 heteroatoms. The first-order chi connectivity index (χ1) is 14.6. The second-order valence-corrected chi connectivity index (χ2v) is 8.35. The van der Waals surface area contributed by atoms with Crippen molar-refractivity contribution < 1.29 is 14.3 Å². The number of nitrogens with one attached hydrogen (secondary N) is 2. The quantitative estimate of drug-likeness (QED) is 0.217. The van der Waals surface area contributed by atoms with E-state index in [-0.39, 0.29) is 35.5 Å². The summed E-state index contributed by atoms with van der Waals surface area (Å²) < 4.78 is 5.64. The van der Waals surface area contributed by atoms with Crippen LogP contribution in [-0.2, 0) is 9.59 Å². The zero-order valence-electron chi connectivity index (χ0n) is 17.0. The van der Waals surface area contributed by atoms with E-state index in [0.717, 1.165) is 12.2 Å². The number of carbonyl (C=O) groups is 2. The highest BCUT2D eigenvalue weighted by molar-refractivity contribution is 6.30. The summed E-state index contributed by atoms with van der Waals surface area (Å²) in [6.45, 7) is 2.14. The molecule has 1 aromatic rings. The number of nitrogens with zero attached hydrogens (tertiary/aromatic N) is 2. The van der Waals surface area contributed by atoms with E-state index >= 15 is 0 Å². The van der Waals surface area contributed by atoms with Crippen LogP contribution in [0.25, 0.3) is 0 Å². The summed E-state index contributed by atoms with van der Waals surface area (Å²) in [5.74, 6) is 1.75. The average Bonchev–Trinajstić information content (AvgIpc) is 3.43. The first-order valence-electron chi connectivity index (χ1n) is 10.4. The standard InChI is InChI=1S/C22H27ClN4O3/c1-24-22(26-10-12-30-17-7-5-16(23)6-8-17)25-9-2-11-27-20(28)18-14-3-4-15(13-14)19(18)21(27)29/h3-8,14-15,18-19H,2,9-13H2,1H3,(H2,24,25,26). The smallest absolute Gasteiger partial charge is 0.233 e. The van der Waals surface area contributed by atoms with Crippen molar-refractivity contribution >= 4 is 29.4 Å². The highest BCUT2D eigenvalue weighted by Crippen LogP contribution is 2.52. The number of halogens is 1. The van der Waals surface area contributed by atoms with E-state index in [1.54, 1.807) is 19.2 Å². The van der Waals surface area contributed by atoms with Crippen LogP contribution in [0, 0.1) is 23.7 Å². The zero-order valence-corrected chi connectivity index (χ0v) is 17.8. The highest BCUT2D eigenvalue weighted by Gasteiger charge is 2.58. The van der Waals surface area contributed by atoms with Gasteiger partial charge >= 0.3 is 0 Å². The van der Waals surface area contributed by atoms with Crippen LogP contribution in [0.5, 0.6) is 5.75 Å². The van der Waals surface area contributed by atoms with Crippen molar-refractivity contribution in [3.8, 4) is 5.75 Å². The van der Waals surface area contributed by atoms with Gasteiger partial charge in [-0.25, -0.2) is 0 Å². The number of hydrogen-bond acceptors (Lipinski definition) is 4. The zero-order chi connectivity index (χ0) is 21.1. The van der Waals surface area contributed by atoms with Crippen LogP contribution >= 0.6 is 11.6 Å². The van der Waals surface area contributed by atoms with Gasteiger partial charge in [0, 0.05) is 25.2 Å². The van der Waals surface area contributed by atoms with Crippen molar-refractivity contribution in [2.75, 3.05) is 33.3 Å². The van der Waals surface area contributed by atoms with Crippen LogP contribution in [0.3, 0.4) is 0 Å². The molecule has 2 aliphatic carbocycles. The molecule has 1 saturated carbocycles. The molecule has 3 aliphatic rings. The predicted octanol–water partition coefficient (Wildman–Crippen LogP) is 2.08. The Hall–Kier alpha value is -2.54. The summed E-state index contributed by atoms with van der Waals surface area (Å²) >= 11 is 5.86. The van der Waals surface area contributed by atoms with Gasteiger partial charge in [-0.1, -0.05) is 23.8 Å². The third kappa shape index (κ3) is 4.17. The maximum absolute atomic E-state index is 12.7. The van der Waals surface area contributed by atoms with Crippen molar-refractivity contribution in [2.45, 2.75) is 12.8 Å². The molecule has 2 fully saturated rings. The SMILES string of the molecule is CN=C(NCCCN1C(=O)C2C3C=CC(C3)C2C1=O)NCCOc1ccc(Cl)cc1. The van der Waals surface area contributed by atoms with Gasteiger partial charge in [-0.3, -0.25) is 19.5 Å². The molecule has 1 aliphatic heterocycles. The van der Waals surface area contributed by atoms with Gasteiger partial charge in [-0.2, -0.15) is 0 Å². The number of aliphatic imine (C=N–C) groups is 1. The number of imide groups is 1. The number of amides is 2. The Balaban J connectivity index is 1.14. The van der Waals surface area contributed by atoms with Crippen molar-refractivity contribution in [1.82, 2.24) is 15.5 Å². The molecule has 2 N–H and O–H groups in total. The Morgan fingerprint density at radius 2 is 1.73 bits per heavy atom. The maximum atomic E-state index is 12.7. The van der Waals surface area contributed by atoms with Gasteiger partial charge in [0.15, 0.2) is 5.96 Å². The summed E-state index contributed by atoms with van der Waals surface area (Å²) in [7, 11) is 1.70. The van der Waals surface area contributed by atoms with Crippen molar-refractivity contribution in [1.29, 1.82) is 0 Å². The number of ether oxygens (including phenoxy) is 1. The minimum Gasteiger partial charge on any atom is -0.492 e. The number of rotatable bonds is 8. The molecule has 160 valence electrons. The molecule has 2 bridgehead atoms. The molecule has 2 amide bonds. The Kier molecular flexibility index (Phi) is 6.27. The second kappa shape index (κ2) is 9.08. The second-order valence-electron chi connectivity index (χ2n) is 7.91. The minimum absolute atomic E-state index is 0.0173. The fourth-order valence-electron chi connectivity index (χ4n) is 4.72. The van der Waals surface area contributed by atoms with Gasteiger partial charge in [0.1, 0.15) is 12.4 Å². The number of benzene rings is 1. The summed E-state index contributed by atoms with van der Waals surface area (Å²) in [6.07, 6.45) is 5.89. The summed E-state index contributed by atoms with van der Waals surface area (Å²) in [4.78, 5) is 31.0. The van der Waals surface area contributed by atoms with Crippen LogP contribution < -0.4 is 15.4 Å². The largest absolute Gasteiger partial charge is 0.492 e. The lowest BCUT2D eigenvalue weighted by Gasteiger charge is -2.18. The van der Waals surface area contributed by atoms with Gasteiger partial charge < -0.3 is 15.4 Å². The van der Waals surface area contributed by atoms with E-state index < -0.39 is 0 Å². The molecule has 0 aromatic heterocycles. The van der Waals surface area contributed by atoms with Crippen molar-refractivity contribution in [2.24, 2.45) is 28.7 Å². The van der Waals surface area contributed by atoms with Gasteiger partial charge in [0.2, 0.25) is 11.8 Å². The number of allylic oxidation sites excluding steroid dienone is 2. The molecule has 30 heavy (non-hydrogen) atoms. The molecule has 4 unspecified atom stereocenters. The van der Waals surface area contributed by atoms with Gasteiger partial charge in [-0.15, -0.1) is 0 Å². The van der Waals surface area contributed by atoms with E-state index in [1.165, 1.54) is 4.90 Å². The lowest BCUT2D eigenvalue weighted by molar-refractivity contribution is -0.140. The fourth-order valence-corrected chi connectivity index (χ4v) is 4.84. The third-order valence-corrected chi connectivity index (χ3v) is 6.37. The molecular weight excluding hydrogens is 404 g/mol. The van der Waals surface area contributed by atoms with E-state index in [1.807, 2.05) is 12.1 Å². The number of fused-ring (bicyclic) bond motifs is 5. The normalized spacial score (nSPS) is 27.0. The Bertz CT molecular complexity index is 824. The topological polar surface area (TPSA) is 83.0 Å². The summed E-state index contributed by atoms with van der Waals surface area (Å²) in [6, 6.07) is 7.22. The van der Waals surface area contributed by atoms with E-state index in [9.17, 15) is 9.59 Å². The molecule has 1 aromatic carbocycles. The summed E-state index contributed by atoms with van der Waals surface area (Å²) in [5.41, 5.74) is 0. The van der Waals surface area contributed by atoms with Crippen molar-refractivity contribution in [3.05, 3.63) is 41.4 Å². The number of likely N-dealkylation sites (tertiary alicyclic amines) is 1. The maximum Gasteiger partial charge on any atom is 0.233 e. The molecule has 0 radical (unpaired) electrons. The van der Waals surface area contributed by atoms with Crippen LogP contribution in [0.1, 0.15) is 12.8 Å². The lowest BCUT2D eigenvalue weighted by atomic mass is 9.85.